The Hall–Kier alpha value is -2.60. The van der Waals surface area contributed by atoms with Gasteiger partial charge in [-0.2, -0.15) is 0 Å². The fourth-order valence-corrected chi connectivity index (χ4v) is 3.41. The molecule has 0 bridgehead atoms. The van der Waals surface area contributed by atoms with Crippen molar-refractivity contribution in [2.45, 2.75) is 19.0 Å². The third-order valence-corrected chi connectivity index (χ3v) is 4.56. The smallest absolute Gasteiger partial charge is 0.159 e. The summed E-state index contributed by atoms with van der Waals surface area (Å²) in [7, 11) is 0. The Bertz CT molecular complexity index is 906. The molecule has 3 aromatic rings. The third kappa shape index (κ3) is 3.05. The molecule has 25 heavy (non-hydrogen) atoms. The molecule has 128 valence electrons. The van der Waals surface area contributed by atoms with Crippen molar-refractivity contribution >= 4 is 0 Å². The highest BCUT2D eigenvalue weighted by Gasteiger charge is 2.31. The molecule has 0 saturated carbocycles. The summed E-state index contributed by atoms with van der Waals surface area (Å²) in [6.07, 6.45) is 2.41. The van der Waals surface area contributed by atoms with Gasteiger partial charge in [0.1, 0.15) is 5.82 Å². The van der Waals surface area contributed by atoms with Crippen LogP contribution >= 0.6 is 0 Å². The van der Waals surface area contributed by atoms with Crippen LogP contribution in [0.2, 0.25) is 0 Å². The largest absolute Gasteiger partial charge is 0.348 e. The Kier molecular flexibility index (Phi) is 4.05. The van der Waals surface area contributed by atoms with Gasteiger partial charge in [-0.05, 0) is 35.4 Å². The molecule has 2 heterocycles. The molecule has 1 atom stereocenters. The number of hydrogen-bond acceptors (Lipinski definition) is 2. The number of aromatic nitrogens is 2. The zero-order valence-electron chi connectivity index (χ0n) is 13.3. The summed E-state index contributed by atoms with van der Waals surface area (Å²) in [5.74, 6) is -2.04. The van der Waals surface area contributed by atoms with Crippen LogP contribution < -0.4 is 0 Å². The van der Waals surface area contributed by atoms with Crippen molar-refractivity contribution in [1.82, 2.24) is 14.9 Å². The van der Waals surface area contributed by atoms with Crippen LogP contribution in [0, 0.1) is 17.5 Å². The minimum atomic E-state index is -0.864. The van der Waals surface area contributed by atoms with Crippen LogP contribution in [0.15, 0.2) is 48.8 Å². The molecule has 0 fully saturated rings. The maximum Gasteiger partial charge on any atom is 0.159 e. The third-order valence-electron chi connectivity index (χ3n) is 4.56. The molecule has 1 aliphatic rings. The molecule has 0 unspecified atom stereocenters. The summed E-state index contributed by atoms with van der Waals surface area (Å²) in [5.41, 5.74) is 3.32. The molecule has 1 aliphatic heterocycles. The van der Waals surface area contributed by atoms with Crippen molar-refractivity contribution in [2.75, 3.05) is 6.54 Å². The van der Waals surface area contributed by atoms with E-state index < -0.39 is 11.6 Å². The van der Waals surface area contributed by atoms with Crippen molar-refractivity contribution in [2.24, 2.45) is 0 Å². The van der Waals surface area contributed by atoms with E-state index in [1.54, 1.807) is 18.5 Å². The van der Waals surface area contributed by atoms with Gasteiger partial charge in [-0.15, -0.1) is 0 Å². The lowest BCUT2D eigenvalue weighted by Gasteiger charge is -2.35. The number of halogens is 3. The van der Waals surface area contributed by atoms with E-state index in [4.69, 9.17) is 0 Å². The van der Waals surface area contributed by atoms with Gasteiger partial charge in [0.2, 0.25) is 0 Å². The Morgan fingerprint density at radius 2 is 1.96 bits per heavy atom. The molecule has 1 aromatic heterocycles. The van der Waals surface area contributed by atoms with Crippen LogP contribution in [0.3, 0.4) is 0 Å². The number of fused-ring (bicyclic) bond motifs is 1. The van der Waals surface area contributed by atoms with Gasteiger partial charge in [0.25, 0.3) is 0 Å². The molecule has 1 N–H and O–H groups in total. The summed E-state index contributed by atoms with van der Waals surface area (Å²) < 4.78 is 40.4. The van der Waals surface area contributed by atoms with E-state index in [-0.39, 0.29) is 11.9 Å². The van der Waals surface area contributed by atoms with Crippen LogP contribution in [-0.2, 0) is 13.0 Å². The predicted molar refractivity (Wildman–Crippen MR) is 87.3 cm³/mol. The van der Waals surface area contributed by atoms with E-state index >= 15 is 0 Å². The van der Waals surface area contributed by atoms with Crippen molar-refractivity contribution in [3.8, 4) is 0 Å². The lowest BCUT2D eigenvalue weighted by atomic mass is 9.95. The zero-order valence-corrected chi connectivity index (χ0v) is 13.3. The lowest BCUT2D eigenvalue weighted by Crippen LogP contribution is -2.36. The van der Waals surface area contributed by atoms with Crippen LogP contribution in [0.5, 0.6) is 0 Å². The molecule has 0 radical (unpaired) electrons. The van der Waals surface area contributed by atoms with E-state index in [0.717, 1.165) is 29.4 Å². The minimum Gasteiger partial charge on any atom is -0.348 e. The van der Waals surface area contributed by atoms with Gasteiger partial charge in [0, 0.05) is 25.2 Å². The van der Waals surface area contributed by atoms with Gasteiger partial charge in [-0.1, -0.05) is 18.2 Å². The first-order valence-corrected chi connectivity index (χ1v) is 8.07. The van der Waals surface area contributed by atoms with Gasteiger partial charge < -0.3 is 4.98 Å². The number of hydrogen-bond donors (Lipinski definition) is 1. The number of H-pyrrole nitrogens is 1. The quantitative estimate of drug-likeness (QED) is 0.780. The van der Waals surface area contributed by atoms with Crippen LogP contribution in [0.25, 0.3) is 0 Å². The molecule has 6 heteroatoms. The molecule has 3 nitrogen and oxygen atoms in total. The molecule has 2 aromatic carbocycles. The van der Waals surface area contributed by atoms with Gasteiger partial charge in [-0.25, -0.2) is 18.2 Å². The second-order valence-corrected chi connectivity index (χ2v) is 6.19. The molecule has 0 spiro atoms. The maximum atomic E-state index is 13.7. The van der Waals surface area contributed by atoms with E-state index in [2.05, 4.69) is 14.9 Å². The average Bonchev–Trinajstić information content (AvgIpc) is 3.06. The minimum absolute atomic E-state index is 0.237. The maximum absolute atomic E-state index is 13.7. The number of nitrogens with one attached hydrogen (secondary N) is 1. The Labute approximate surface area is 143 Å². The molecule has 4 rings (SSSR count). The zero-order chi connectivity index (χ0) is 17.4. The van der Waals surface area contributed by atoms with Gasteiger partial charge in [0.15, 0.2) is 11.6 Å². The summed E-state index contributed by atoms with van der Waals surface area (Å²) in [4.78, 5) is 9.65. The molecule has 0 amide bonds. The van der Waals surface area contributed by atoms with Crippen LogP contribution in [0.4, 0.5) is 13.2 Å². The van der Waals surface area contributed by atoms with Crippen molar-refractivity contribution in [1.29, 1.82) is 0 Å². The average molecular weight is 343 g/mol. The molecule has 0 saturated heterocycles. The standard InChI is InChI=1S/C19H16F3N3/c20-14-3-1-2-13(9-14)19-18-17(23-11-24-18)6-7-25(19)10-12-4-5-15(21)16(22)8-12/h1-5,8-9,11,19H,6-7,10H2,(H,23,24)/t19-/m1/s1. The highest BCUT2D eigenvalue weighted by Crippen LogP contribution is 2.34. The number of imidazole rings is 1. The summed E-state index contributed by atoms with van der Waals surface area (Å²) in [5, 5.41) is 0. The highest BCUT2D eigenvalue weighted by atomic mass is 19.2. The topological polar surface area (TPSA) is 31.9 Å². The monoisotopic (exact) mass is 343 g/mol. The summed E-state index contributed by atoms with van der Waals surface area (Å²) in [6, 6.07) is 10.1. The van der Waals surface area contributed by atoms with Crippen LogP contribution in [0.1, 0.15) is 28.6 Å². The van der Waals surface area contributed by atoms with Crippen molar-refractivity contribution in [3.63, 3.8) is 0 Å². The highest BCUT2D eigenvalue weighted by molar-refractivity contribution is 5.33. The summed E-state index contributed by atoms with van der Waals surface area (Å²) in [6.45, 7) is 1.13. The van der Waals surface area contributed by atoms with Gasteiger partial charge >= 0.3 is 0 Å². The fourth-order valence-electron chi connectivity index (χ4n) is 3.41. The first-order chi connectivity index (χ1) is 12.1. The second-order valence-electron chi connectivity index (χ2n) is 6.19. The lowest BCUT2D eigenvalue weighted by molar-refractivity contribution is 0.199. The second kappa shape index (κ2) is 6.37. The van der Waals surface area contributed by atoms with Gasteiger partial charge in [-0.3, -0.25) is 4.90 Å². The summed E-state index contributed by atoms with van der Waals surface area (Å²) >= 11 is 0. The van der Waals surface area contributed by atoms with E-state index in [1.165, 1.54) is 18.2 Å². The molecule has 0 aliphatic carbocycles. The normalized spacial score (nSPS) is 17.5. The molecular weight excluding hydrogens is 327 g/mol. The fraction of sp³-hybridized carbons (Fsp3) is 0.211. The van der Waals surface area contributed by atoms with E-state index in [1.807, 2.05) is 6.07 Å². The van der Waals surface area contributed by atoms with Crippen molar-refractivity contribution < 1.29 is 13.2 Å². The van der Waals surface area contributed by atoms with E-state index in [0.29, 0.717) is 18.7 Å². The molecular formula is C19H16F3N3. The Balaban J connectivity index is 1.71. The van der Waals surface area contributed by atoms with Crippen molar-refractivity contribution in [3.05, 3.63) is 88.8 Å². The number of rotatable bonds is 3. The Morgan fingerprint density at radius 1 is 1.08 bits per heavy atom. The first-order valence-electron chi connectivity index (χ1n) is 8.07. The Morgan fingerprint density at radius 3 is 2.76 bits per heavy atom. The number of aromatic amines is 1. The first kappa shape index (κ1) is 15.9. The van der Waals surface area contributed by atoms with Gasteiger partial charge in [0.05, 0.1) is 18.1 Å². The predicted octanol–water partition coefficient (Wildman–Crippen LogP) is 3.97. The SMILES string of the molecule is Fc1cccc([C@@H]2c3nc[nH]c3CCN2Cc2ccc(F)c(F)c2)c1. The number of benzene rings is 2. The van der Waals surface area contributed by atoms with Crippen LogP contribution in [-0.4, -0.2) is 21.4 Å². The number of nitrogens with zero attached hydrogens (tertiary/aromatic N) is 2. The van der Waals surface area contributed by atoms with E-state index in [9.17, 15) is 13.2 Å².